The molecule has 6 nitrogen and oxygen atoms in total. The number of carbonyl (C=O) groups is 1. The fourth-order valence-corrected chi connectivity index (χ4v) is 4.29. The highest BCUT2D eigenvalue weighted by molar-refractivity contribution is 7.13. The Morgan fingerprint density at radius 2 is 1.97 bits per heavy atom. The van der Waals surface area contributed by atoms with E-state index < -0.39 is 0 Å². The molecule has 0 atom stereocenters. The zero-order chi connectivity index (χ0) is 20.1. The van der Waals surface area contributed by atoms with Gasteiger partial charge in [-0.15, -0.1) is 21.5 Å². The summed E-state index contributed by atoms with van der Waals surface area (Å²) in [6.45, 7) is 2.10. The van der Waals surface area contributed by atoms with Crippen LogP contribution in [0.3, 0.4) is 0 Å². The summed E-state index contributed by atoms with van der Waals surface area (Å²) in [5.74, 6) is 1.80. The Balaban J connectivity index is 1.29. The molecule has 2 aromatic heterocycles. The summed E-state index contributed by atoms with van der Waals surface area (Å²) in [5.41, 5.74) is 1.89. The molecule has 1 fully saturated rings. The van der Waals surface area contributed by atoms with Gasteiger partial charge in [0.05, 0.1) is 12.0 Å². The highest BCUT2D eigenvalue weighted by Crippen LogP contribution is 2.26. The highest BCUT2D eigenvalue weighted by Gasteiger charge is 2.25. The number of hydrogen-bond donors (Lipinski definition) is 1. The van der Waals surface area contributed by atoms with Crippen molar-refractivity contribution in [2.24, 2.45) is 5.92 Å². The third-order valence-electron chi connectivity index (χ3n) is 5.26. The average Bonchev–Trinajstić information content (AvgIpc) is 3.33. The number of hydrogen-bond acceptors (Lipinski definition) is 6. The van der Waals surface area contributed by atoms with Crippen molar-refractivity contribution < 1.29 is 9.53 Å². The van der Waals surface area contributed by atoms with Crippen molar-refractivity contribution in [1.29, 1.82) is 0 Å². The molecule has 0 unspecified atom stereocenters. The molecule has 150 valence electrons. The number of thiophene rings is 1. The molecular formula is C22H24N4O2S. The minimum Gasteiger partial charge on any atom is -0.496 e. The maximum Gasteiger partial charge on any atom is 0.223 e. The number of amides is 1. The van der Waals surface area contributed by atoms with Gasteiger partial charge in [-0.1, -0.05) is 24.3 Å². The first-order chi connectivity index (χ1) is 14.2. The van der Waals surface area contributed by atoms with Gasteiger partial charge in [-0.05, 0) is 42.5 Å². The third-order valence-corrected chi connectivity index (χ3v) is 6.15. The van der Waals surface area contributed by atoms with Gasteiger partial charge >= 0.3 is 0 Å². The molecule has 4 rings (SSSR count). The third kappa shape index (κ3) is 4.56. The van der Waals surface area contributed by atoms with Crippen molar-refractivity contribution in [3.05, 3.63) is 59.5 Å². The van der Waals surface area contributed by atoms with E-state index in [9.17, 15) is 4.79 Å². The van der Waals surface area contributed by atoms with E-state index in [-0.39, 0.29) is 11.8 Å². The Labute approximate surface area is 174 Å². The van der Waals surface area contributed by atoms with Crippen molar-refractivity contribution in [3.8, 4) is 16.3 Å². The van der Waals surface area contributed by atoms with E-state index in [2.05, 4.69) is 20.4 Å². The van der Waals surface area contributed by atoms with Crippen LogP contribution in [0.4, 0.5) is 5.82 Å². The smallest absolute Gasteiger partial charge is 0.223 e. The van der Waals surface area contributed by atoms with Gasteiger partial charge in [-0.25, -0.2) is 0 Å². The van der Waals surface area contributed by atoms with Gasteiger partial charge in [0.25, 0.3) is 0 Å². The lowest BCUT2D eigenvalue weighted by atomic mass is 9.96. The molecule has 0 aliphatic carbocycles. The molecule has 1 aromatic carbocycles. The van der Waals surface area contributed by atoms with E-state index >= 15 is 0 Å². The topological polar surface area (TPSA) is 67.3 Å². The summed E-state index contributed by atoms with van der Waals surface area (Å²) < 4.78 is 5.35. The second-order valence-corrected chi connectivity index (χ2v) is 7.99. The number of piperidine rings is 1. The molecule has 1 N–H and O–H groups in total. The average molecular weight is 409 g/mol. The molecule has 1 aliphatic heterocycles. The molecular weight excluding hydrogens is 384 g/mol. The first-order valence-corrected chi connectivity index (χ1v) is 10.6. The van der Waals surface area contributed by atoms with Gasteiger partial charge in [0.2, 0.25) is 5.91 Å². The largest absolute Gasteiger partial charge is 0.496 e. The van der Waals surface area contributed by atoms with Crippen LogP contribution in [-0.4, -0.2) is 36.3 Å². The molecule has 3 heterocycles. The van der Waals surface area contributed by atoms with Gasteiger partial charge < -0.3 is 15.0 Å². The number of nitrogens with zero attached hydrogens (tertiary/aromatic N) is 3. The second-order valence-electron chi connectivity index (χ2n) is 7.05. The van der Waals surface area contributed by atoms with E-state index in [1.807, 2.05) is 53.9 Å². The van der Waals surface area contributed by atoms with Crippen LogP contribution >= 0.6 is 11.3 Å². The zero-order valence-electron chi connectivity index (χ0n) is 16.4. The molecule has 7 heteroatoms. The Kier molecular flexibility index (Phi) is 6.05. The first kappa shape index (κ1) is 19.4. The van der Waals surface area contributed by atoms with Crippen molar-refractivity contribution in [2.75, 3.05) is 25.1 Å². The number of rotatable bonds is 6. The summed E-state index contributed by atoms with van der Waals surface area (Å²) in [6.07, 6.45) is 1.62. The molecule has 1 amide bonds. The van der Waals surface area contributed by atoms with Gasteiger partial charge in [-0.2, -0.15) is 0 Å². The van der Waals surface area contributed by atoms with Crippen molar-refractivity contribution in [1.82, 2.24) is 15.5 Å². The van der Waals surface area contributed by atoms with Gasteiger partial charge in [0.15, 0.2) is 5.82 Å². The number of carbonyl (C=O) groups excluding carboxylic acids is 1. The summed E-state index contributed by atoms with van der Waals surface area (Å²) in [6, 6.07) is 15.8. The predicted molar refractivity (Wildman–Crippen MR) is 115 cm³/mol. The number of aromatic nitrogens is 2. The maximum atomic E-state index is 12.6. The van der Waals surface area contributed by atoms with E-state index in [1.165, 1.54) is 0 Å². The molecule has 0 bridgehead atoms. The van der Waals surface area contributed by atoms with Gasteiger partial charge in [-0.3, -0.25) is 4.79 Å². The predicted octanol–water partition coefficient (Wildman–Crippen LogP) is 3.75. The van der Waals surface area contributed by atoms with Crippen molar-refractivity contribution >= 4 is 23.1 Å². The van der Waals surface area contributed by atoms with Gasteiger partial charge in [0.1, 0.15) is 11.4 Å². The zero-order valence-corrected chi connectivity index (χ0v) is 17.2. The Morgan fingerprint density at radius 3 is 2.66 bits per heavy atom. The maximum absolute atomic E-state index is 12.6. The molecule has 29 heavy (non-hydrogen) atoms. The lowest BCUT2D eigenvalue weighted by Gasteiger charge is -2.31. The molecule has 1 aliphatic rings. The molecule has 0 radical (unpaired) electrons. The molecule has 0 spiro atoms. The summed E-state index contributed by atoms with van der Waals surface area (Å²) in [5, 5.41) is 13.8. The van der Waals surface area contributed by atoms with Crippen molar-refractivity contribution in [2.45, 2.75) is 19.4 Å². The summed E-state index contributed by atoms with van der Waals surface area (Å²) >= 11 is 1.66. The lowest BCUT2D eigenvalue weighted by molar-refractivity contribution is -0.125. The fourth-order valence-electron chi connectivity index (χ4n) is 3.60. The normalized spacial score (nSPS) is 14.6. The first-order valence-electron chi connectivity index (χ1n) is 9.77. The van der Waals surface area contributed by atoms with Crippen LogP contribution in [0, 0.1) is 5.92 Å². The fraction of sp³-hybridized carbons (Fsp3) is 0.318. The Hall–Kier alpha value is -2.93. The van der Waals surface area contributed by atoms with E-state index in [4.69, 9.17) is 4.74 Å². The van der Waals surface area contributed by atoms with Crippen molar-refractivity contribution in [3.63, 3.8) is 0 Å². The minimum absolute atomic E-state index is 0.0271. The van der Waals surface area contributed by atoms with Crippen LogP contribution in [0.2, 0.25) is 0 Å². The standard InChI is InChI=1S/C22H24N4O2S/c1-28-19-6-3-2-5-17(19)15-23-22(27)16-10-12-26(13-11-16)21-9-8-18(24-25-21)20-7-4-14-29-20/h2-9,14,16H,10-13,15H2,1H3,(H,23,27). The number of methoxy groups -OCH3 is 1. The van der Waals surface area contributed by atoms with Crippen LogP contribution in [0.25, 0.3) is 10.6 Å². The van der Waals surface area contributed by atoms with E-state index in [0.29, 0.717) is 6.54 Å². The quantitative estimate of drug-likeness (QED) is 0.673. The number of benzene rings is 1. The second kappa shape index (κ2) is 9.05. The number of nitrogens with one attached hydrogen (secondary N) is 1. The highest BCUT2D eigenvalue weighted by atomic mass is 32.1. The number of anilines is 1. The lowest BCUT2D eigenvalue weighted by Crippen LogP contribution is -2.40. The summed E-state index contributed by atoms with van der Waals surface area (Å²) in [7, 11) is 1.65. The SMILES string of the molecule is COc1ccccc1CNC(=O)C1CCN(c2ccc(-c3cccs3)nn2)CC1. The number of para-hydroxylation sites is 1. The van der Waals surface area contributed by atoms with E-state index in [1.54, 1.807) is 18.4 Å². The van der Waals surface area contributed by atoms with Crippen LogP contribution in [-0.2, 0) is 11.3 Å². The minimum atomic E-state index is 0.0271. The Bertz CT molecular complexity index is 936. The van der Waals surface area contributed by atoms with Crippen LogP contribution in [0.1, 0.15) is 18.4 Å². The molecule has 1 saturated heterocycles. The molecule has 3 aromatic rings. The summed E-state index contributed by atoms with van der Waals surface area (Å²) in [4.78, 5) is 15.9. The van der Waals surface area contributed by atoms with Crippen LogP contribution in [0.15, 0.2) is 53.9 Å². The monoisotopic (exact) mass is 408 g/mol. The Morgan fingerprint density at radius 1 is 1.14 bits per heavy atom. The number of ether oxygens (including phenoxy) is 1. The van der Waals surface area contributed by atoms with Crippen LogP contribution in [0.5, 0.6) is 5.75 Å². The van der Waals surface area contributed by atoms with Crippen LogP contribution < -0.4 is 15.0 Å². The molecule has 0 saturated carbocycles. The van der Waals surface area contributed by atoms with E-state index in [0.717, 1.165) is 53.6 Å². The van der Waals surface area contributed by atoms with Gasteiger partial charge in [0, 0.05) is 31.1 Å².